The Balaban J connectivity index is 1.38. The summed E-state index contributed by atoms with van der Waals surface area (Å²) in [6.07, 6.45) is 0. The smallest absolute Gasteiger partial charge is 0.241 e. The lowest BCUT2D eigenvalue weighted by Crippen LogP contribution is -2.46. The van der Waals surface area contributed by atoms with Gasteiger partial charge in [-0.25, -0.2) is 0 Å². The van der Waals surface area contributed by atoms with Crippen molar-refractivity contribution in [3.63, 3.8) is 0 Å². The lowest BCUT2D eigenvalue weighted by molar-refractivity contribution is 0.215. The molecule has 134 valence electrons. The fourth-order valence-electron chi connectivity index (χ4n) is 3.51. The fraction of sp³-hybridized carbons (Fsp3) is 0.333. The highest BCUT2D eigenvalue weighted by Gasteiger charge is 2.20. The largest absolute Gasteiger partial charge is 0.369 e. The van der Waals surface area contributed by atoms with Gasteiger partial charge < -0.3 is 9.42 Å². The molecule has 1 fully saturated rings. The second kappa shape index (κ2) is 7.30. The first kappa shape index (κ1) is 16.8. The van der Waals surface area contributed by atoms with E-state index in [2.05, 4.69) is 64.1 Å². The average molecular weight is 348 g/mol. The molecule has 0 N–H and O–H groups in total. The number of anilines is 1. The Labute approximate surface area is 154 Å². The molecule has 4 rings (SSSR count). The van der Waals surface area contributed by atoms with Crippen molar-refractivity contribution >= 4 is 5.69 Å². The molecule has 2 heterocycles. The third kappa shape index (κ3) is 3.48. The van der Waals surface area contributed by atoms with E-state index in [1.54, 1.807) is 0 Å². The maximum Gasteiger partial charge on any atom is 0.241 e. The van der Waals surface area contributed by atoms with Crippen molar-refractivity contribution < 1.29 is 4.52 Å². The molecule has 0 atom stereocenters. The first-order chi connectivity index (χ1) is 12.7. The van der Waals surface area contributed by atoms with E-state index in [0.717, 1.165) is 37.3 Å². The van der Waals surface area contributed by atoms with Crippen LogP contribution in [0.2, 0.25) is 0 Å². The average Bonchev–Trinajstić information content (AvgIpc) is 3.11. The SMILES string of the molecule is Cc1ccccc1-c1noc(CN2CCN(c3ccccc3C)CC2)n1. The minimum Gasteiger partial charge on any atom is -0.369 e. The Bertz CT molecular complexity index is 881. The molecule has 1 aromatic heterocycles. The molecule has 0 aliphatic carbocycles. The molecule has 0 spiro atoms. The second-order valence-corrected chi connectivity index (χ2v) is 6.88. The third-order valence-corrected chi connectivity index (χ3v) is 5.04. The number of nitrogens with zero attached hydrogens (tertiary/aromatic N) is 4. The van der Waals surface area contributed by atoms with Crippen LogP contribution >= 0.6 is 0 Å². The van der Waals surface area contributed by atoms with Gasteiger partial charge in [0.25, 0.3) is 0 Å². The summed E-state index contributed by atoms with van der Waals surface area (Å²) in [6, 6.07) is 16.7. The summed E-state index contributed by atoms with van der Waals surface area (Å²) in [7, 11) is 0. The van der Waals surface area contributed by atoms with E-state index >= 15 is 0 Å². The Morgan fingerprint density at radius 1 is 0.885 bits per heavy atom. The first-order valence-electron chi connectivity index (χ1n) is 9.12. The van der Waals surface area contributed by atoms with E-state index in [1.807, 2.05) is 18.2 Å². The van der Waals surface area contributed by atoms with Gasteiger partial charge in [-0.05, 0) is 31.0 Å². The molecular weight excluding hydrogens is 324 g/mol. The Kier molecular flexibility index (Phi) is 4.71. The minimum atomic E-state index is 0.677. The van der Waals surface area contributed by atoms with E-state index in [1.165, 1.54) is 11.3 Å². The minimum absolute atomic E-state index is 0.677. The number of para-hydroxylation sites is 1. The van der Waals surface area contributed by atoms with E-state index in [-0.39, 0.29) is 0 Å². The number of hydrogen-bond acceptors (Lipinski definition) is 5. The normalized spacial score (nSPS) is 15.4. The van der Waals surface area contributed by atoms with Crippen LogP contribution in [-0.4, -0.2) is 41.2 Å². The standard InChI is InChI=1S/C21H24N4O/c1-16-7-3-5-9-18(16)21-22-20(26-23-21)15-24-11-13-25(14-12-24)19-10-6-4-8-17(19)2/h3-10H,11-15H2,1-2H3. The molecule has 0 radical (unpaired) electrons. The summed E-state index contributed by atoms with van der Waals surface area (Å²) in [4.78, 5) is 9.43. The molecule has 1 aliphatic rings. The summed E-state index contributed by atoms with van der Waals surface area (Å²) >= 11 is 0. The van der Waals surface area contributed by atoms with Gasteiger partial charge >= 0.3 is 0 Å². The van der Waals surface area contributed by atoms with Crippen LogP contribution < -0.4 is 4.90 Å². The molecule has 1 saturated heterocycles. The Morgan fingerprint density at radius 3 is 2.31 bits per heavy atom. The summed E-state index contributed by atoms with van der Waals surface area (Å²) in [5.41, 5.74) is 4.87. The lowest BCUT2D eigenvalue weighted by atomic mass is 10.1. The number of benzene rings is 2. The molecule has 0 bridgehead atoms. The van der Waals surface area contributed by atoms with E-state index in [4.69, 9.17) is 4.52 Å². The number of aryl methyl sites for hydroxylation is 2. The first-order valence-corrected chi connectivity index (χ1v) is 9.12. The van der Waals surface area contributed by atoms with Gasteiger partial charge in [0, 0.05) is 37.4 Å². The van der Waals surface area contributed by atoms with Crippen LogP contribution in [-0.2, 0) is 6.54 Å². The van der Waals surface area contributed by atoms with Gasteiger partial charge in [-0.1, -0.05) is 47.6 Å². The van der Waals surface area contributed by atoms with Crippen molar-refractivity contribution in [2.45, 2.75) is 20.4 Å². The van der Waals surface area contributed by atoms with Crippen LogP contribution in [0.3, 0.4) is 0 Å². The van der Waals surface area contributed by atoms with Crippen LogP contribution in [0.25, 0.3) is 11.4 Å². The van der Waals surface area contributed by atoms with E-state index in [9.17, 15) is 0 Å². The molecule has 3 aromatic rings. The van der Waals surface area contributed by atoms with Gasteiger partial charge in [0.15, 0.2) is 0 Å². The van der Waals surface area contributed by atoms with Crippen LogP contribution in [0, 0.1) is 13.8 Å². The van der Waals surface area contributed by atoms with Gasteiger partial charge in [-0.3, -0.25) is 4.90 Å². The van der Waals surface area contributed by atoms with Gasteiger partial charge in [-0.15, -0.1) is 0 Å². The zero-order valence-electron chi connectivity index (χ0n) is 15.4. The van der Waals surface area contributed by atoms with E-state index < -0.39 is 0 Å². The maximum absolute atomic E-state index is 5.49. The molecule has 1 aliphatic heterocycles. The Morgan fingerprint density at radius 2 is 1.58 bits per heavy atom. The second-order valence-electron chi connectivity index (χ2n) is 6.88. The number of hydrogen-bond donors (Lipinski definition) is 0. The van der Waals surface area contributed by atoms with Gasteiger partial charge in [0.2, 0.25) is 11.7 Å². The highest BCUT2D eigenvalue weighted by molar-refractivity contribution is 5.59. The lowest BCUT2D eigenvalue weighted by Gasteiger charge is -2.36. The monoisotopic (exact) mass is 348 g/mol. The molecule has 5 nitrogen and oxygen atoms in total. The van der Waals surface area contributed by atoms with Gasteiger partial charge in [0.1, 0.15) is 0 Å². The molecular formula is C21H24N4O. The van der Waals surface area contributed by atoms with Gasteiger partial charge in [0.05, 0.1) is 6.54 Å². The van der Waals surface area contributed by atoms with Crippen molar-refractivity contribution in [2.75, 3.05) is 31.1 Å². The quantitative estimate of drug-likeness (QED) is 0.720. The predicted molar refractivity (Wildman–Crippen MR) is 103 cm³/mol. The zero-order chi connectivity index (χ0) is 17.9. The highest BCUT2D eigenvalue weighted by atomic mass is 16.5. The molecule has 0 saturated carbocycles. The number of aromatic nitrogens is 2. The fourth-order valence-corrected chi connectivity index (χ4v) is 3.51. The molecule has 2 aromatic carbocycles. The zero-order valence-corrected chi connectivity index (χ0v) is 15.4. The third-order valence-electron chi connectivity index (χ3n) is 5.04. The molecule has 0 unspecified atom stereocenters. The molecule has 5 heteroatoms. The predicted octanol–water partition coefficient (Wildman–Crippen LogP) is 3.68. The van der Waals surface area contributed by atoms with Crippen molar-refractivity contribution in [2.24, 2.45) is 0 Å². The van der Waals surface area contributed by atoms with Gasteiger partial charge in [-0.2, -0.15) is 4.98 Å². The van der Waals surface area contributed by atoms with Crippen LogP contribution in [0.5, 0.6) is 0 Å². The Hall–Kier alpha value is -2.66. The summed E-state index contributed by atoms with van der Waals surface area (Å²) in [6.45, 7) is 8.98. The summed E-state index contributed by atoms with van der Waals surface area (Å²) < 4.78 is 5.49. The summed E-state index contributed by atoms with van der Waals surface area (Å²) in [5, 5.41) is 4.16. The van der Waals surface area contributed by atoms with Crippen LogP contribution in [0.15, 0.2) is 53.1 Å². The number of piperazine rings is 1. The maximum atomic E-state index is 5.49. The van der Waals surface area contributed by atoms with Crippen LogP contribution in [0.4, 0.5) is 5.69 Å². The summed E-state index contributed by atoms with van der Waals surface area (Å²) in [5.74, 6) is 1.37. The van der Waals surface area contributed by atoms with Crippen molar-refractivity contribution in [1.82, 2.24) is 15.0 Å². The van der Waals surface area contributed by atoms with Crippen LogP contribution in [0.1, 0.15) is 17.0 Å². The topological polar surface area (TPSA) is 45.4 Å². The molecule has 26 heavy (non-hydrogen) atoms. The highest BCUT2D eigenvalue weighted by Crippen LogP contribution is 2.22. The number of rotatable bonds is 4. The van der Waals surface area contributed by atoms with Crippen molar-refractivity contribution in [1.29, 1.82) is 0 Å². The van der Waals surface area contributed by atoms with Crippen molar-refractivity contribution in [3.05, 3.63) is 65.5 Å². The molecule has 0 amide bonds. The van der Waals surface area contributed by atoms with E-state index in [0.29, 0.717) is 18.3 Å². The van der Waals surface area contributed by atoms with Crippen molar-refractivity contribution in [3.8, 4) is 11.4 Å².